The average Bonchev–Trinajstić information content (AvgIpc) is 3.32. The maximum absolute atomic E-state index is 6.64. The Hall–Kier alpha value is -0.310. The lowest BCUT2D eigenvalue weighted by Crippen LogP contribution is -2.57. The van der Waals surface area contributed by atoms with Gasteiger partial charge in [-0.05, 0) is 99.7 Å². The smallest absolute Gasteiger partial charge is 0.353 e. The third-order valence-electron chi connectivity index (χ3n) is 10.2. The molecule has 24 heavy (non-hydrogen) atoms. The minimum absolute atomic E-state index is 0.0293. The Morgan fingerprint density at radius 3 is 1.54 bits per heavy atom. The highest BCUT2D eigenvalue weighted by atomic mass is 32.1. The summed E-state index contributed by atoms with van der Waals surface area (Å²) in [5.41, 5.74) is -0.0586. The normalized spacial score (nSPS) is 64.9. The number of ether oxygens (including phenoxy) is 2. The second-order valence-electron chi connectivity index (χ2n) is 10.4. The first kappa shape index (κ1) is 13.8. The van der Waals surface area contributed by atoms with E-state index in [1.807, 2.05) is 0 Å². The Morgan fingerprint density at radius 1 is 0.625 bits per heavy atom. The summed E-state index contributed by atoms with van der Waals surface area (Å²) >= 11 is 5.59. The van der Waals surface area contributed by atoms with Crippen LogP contribution in [0.4, 0.5) is 0 Å². The first-order valence-corrected chi connectivity index (χ1v) is 11.0. The third-order valence-corrected chi connectivity index (χ3v) is 10.4. The Labute approximate surface area is 150 Å². The Kier molecular flexibility index (Phi) is 2.40. The predicted octanol–water partition coefficient (Wildman–Crippen LogP) is 4.71. The molecule has 3 heteroatoms. The maximum Gasteiger partial charge on any atom is 0.353 e. The molecule has 10 atom stereocenters. The molecule has 0 aromatic heterocycles. The van der Waals surface area contributed by atoms with Crippen LogP contribution < -0.4 is 0 Å². The lowest BCUT2D eigenvalue weighted by Gasteiger charge is -2.44. The molecule has 1 saturated heterocycles. The fourth-order valence-corrected chi connectivity index (χ4v) is 10.2. The maximum atomic E-state index is 6.64. The first-order valence-electron chi connectivity index (χ1n) is 10.6. The van der Waals surface area contributed by atoms with Crippen LogP contribution >= 0.6 is 12.2 Å². The Bertz CT molecular complexity index is 581. The van der Waals surface area contributed by atoms with E-state index < -0.39 is 0 Å². The van der Waals surface area contributed by atoms with Crippen LogP contribution in [-0.2, 0) is 9.47 Å². The largest absolute Gasteiger partial charge is 0.446 e. The van der Waals surface area contributed by atoms with Gasteiger partial charge in [0.1, 0.15) is 0 Å². The summed E-state index contributed by atoms with van der Waals surface area (Å²) in [5.74, 6) is 7.15. The van der Waals surface area contributed by atoms with E-state index >= 15 is 0 Å². The molecule has 0 aromatic carbocycles. The fourth-order valence-electron chi connectivity index (χ4n) is 9.90. The summed E-state index contributed by atoms with van der Waals surface area (Å²) in [4.78, 5) is 0. The summed E-state index contributed by atoms with van der Waals surface area (Å²) < 4.78 is 13.3. The summed E-state index contributed by atoms with van der Waals surface area (Å²) in [6.45, 7) is 0. The van der Waals surface area contributed by atoms with Crippen molar-refractivity contribution in [2.75, 3.05) is 0 Å². The van der Waals surface area contributed by atoms with E-state index in [1.54, 1.807) is 0 Å². The molecule has 0 aromatic rings. The molecule has 2 nitrogen and oxygen atoms in total. The monoisotopic (exact) mass is 344 g/mol. The van der Waals surface area contributed by atoms with Gasteiger partial charge in [0.05, 0.1) is 0 Å². The van der Waals surface area contributed by atoms with Crippen LogP contribution in [0.2, 0.25) is 0 Å². The van der Waals surface area contributed by atoms with E-state index in [1.165, 1.54) is 64.2 Å². The van der Waals surface area contributed by atoms with Gasteiger partial charge < -0.3 is 9.47 Å². The Morgan fingerprint density at radius 2 is 1.04 bits per heavy atom. The zero-order valence-electron chi connectivity index (χ0n) is 14.4. The van der Waals surface area contributed by atoms with Crippen molar-refractivity contribution >= 4 is 17.5 Å². The van der Waals surface area contributed by atoms with Gasteiger partial charge in [-0.1, -0.05) is 0 Å². The van der Waals surface area contributed by atoms with E-state index in [0.717, 1.165) is 47.3 Å². The number of rotatable bonds is 0. The summed E-state index contributed by atoms with van der Waals surface area (Å²) in [6, 6.07) is 0. The molecule has 2 spiro atoms. The van der Waals surface area contributed by atoms with Crippen LogP contribution in [0.1, 0.15) is 64.2 Å². The van der Waals surface area contributed by atoms with Gasteiger partial charge in [0.2, 0.25) is 0 Å². The lowest BCUT2D eigenvalue weighted by molar-refractivity contribution is -0.106. The van der Waals surface area contributed by atoms with Gasteiger partial charge in [0, 0.05) is 24.1 Å². The van der Waals surface area contributed by atoms with E-state index in [4.69, 9.17) is 21.7 Å². The quantitative estimate of drug-likeness (QED) is 0.593. The first-order chi connectivity index (χ1) is 11.7. The summed E-state index contributed by atoms with van der Waals surface area (Å²) in [6.07, 6.45) is 14.0. The number of hydrogen-bond acceptors (Lipinski definition) is 3. The van der Waals surface area contributed by atoms with Gasteiger partial charge in [0.25, 0.3) is 0 Å². The number of fused-ring (bicyclic) bond motifs is 3. The van der Waals surface area contributed by atoms with Crippen molar-refractivity contribution < 1.29 is 9.47 Å². The molecule has 0 unspecified atom stereocenters. The van der Waals surface area contributed by atoms with Gasteiger partial charge in [0.15, 0.2) is 11.2 Å². The molecule has 1 aliphatic heterocycles. The molecule has 7 rings (SSSR count). The van der Waals surface area contributed by atoms with E-state index in [2.05, 4.69) is 0 Å². The zero-order valence-corrected chi connectivity index (χ0v) is 15.2. The van der Waals surface area contributed by atoms with Crippen molar-refractivity contribution in [2.24, 2.45) is 47.3 Å². The lowest BCUT2D eigenvalue weighted by atomic mass is 9.67. The van der Waals surface area contributed by atoms with E-state index in [0.29, 0.717) is 5.24 Å². The molecule has 130 valence electrons. The number of thiocarbonyl (C=S) groups is 1. The van der Waals surface area contributed by atoms with Crippen molar-refractivity contribution in [3.63, 3.8) is 0 Å². The molecule has 6 saturated carbocycles. The molecule has 0 bridgehead atoms. The van der Waals surface area contributed by atoms with Crippen LogP contribution in [-0.4, -0.2) is 16.4 Å². The molecular formula is C21H28O2S. The van der Waals surface area contributed by atoms with Gasteiger partial charge in [-0.25, -0.2) is 0 Å². The highest BCUT2D eigenvalue weighted by Gasteiger charge is 2.79. The molecule has 0 N–H and O–H groups in total. The molecule has 1 heterocycles. The van der Waals surface area contributed by atoms with Gasteiger partial charge in [-0.15, -0.1) is 0 Å². The highest BCUT2D eigenvalue weighted by molar-refractivity contribution is 7.79. The topological polar surface area (TPSA) is 18.5 Å². The van der Waals surface area contributed by atoms with Crippen molar-refractivity contribution in [3.05, 3.63) is 0 Å². The average molecular weight is 345 g/mol. The van der Waals surface area contributed by atoms with Gasteiger partial charge in [-0.3, -0.25) is 0 Å². The minimum atomic E-state index is -0.0293. The SMILES string of the molecule is S=C1O[C@]2(C[C@@H]3CC[C@@H]4CC[C@@H]2[C@H]43)[C@@]2(C[C@@H]3CC[C@H]4CC[C@@H]2[C@H]43)O1. The van der Waals surface area contributed by atoms with Crippen molar-refractivity contribution in [2.45, 2.75) is 75.4 Å². The summed E-state index contributed by atoms with van der Waals surface area (Å²) in [5, 5.41) is 0.516. The van der Waals surface area contributed by atoms with E-state index in [-0.39, 0.29) is 11.2 Å². The van der Waals surface area contributed by atoms with Gasteiger partial charge in [-0.2, -0.15) is 0 Å². The molecule has 6 aliphatic carbocycles. The van der Waals surface area contributed by atoms with Crippen LogP contribution in [0, 0.1) is 47.3 Å². The van der Waals surface area contributed by atoms with Crippen LogP contribution in [0.15, 0.2) is 0 Å². The standard InChI is InChI=1S/C21H28O2S/c24-19-22-20(9-13-3-1-11-5-7-15(20)17(11)13)21(23-19)10-14-4-2-12-6-8-16(21)18(12)14/h11-18H,1-10H2/t11-,12+,13-,14-,15+,16+,17+,18+,20-,21-/m0/s1. The van der Waals surface area contributed by atoms with Crippen molar-refractivity contribution in [1.29, 1.82) is 0 Å². The van der Waals surface area contributed by atoms with Crippen LogP contribution in [0.25, 0.3) is 0 Å². The van der Waals surface area contributed by atoms with Crippen molar-refractivity contribution in [1.82, 2.24) is 0 Å². The molecular weight excluding hydrogens is 316 g/mol. The molecule has 0 radical (unpaired) electrons. The van der Waals surface area contributed by atoms with Crippen LogP contribution in [0.3, 0.4) is 0 Å². The predicted molar refractivity (Wildman–Crippen MR) is 94.3 cm³/mol. The molecule has 0 amide bonds. The second kappa shape index (κ2) is 4.15. The van der Waals surface area contributed by atoms with Crippen molar-refractivity contribution in [3.8, 4) is 0 Å². The third kappa shape index (κ3) is 1.29. The van der Waals surface area contributed by atoms with E-state index in [9.17, 15) is 0 Å². The summed E-state index contributed by atoms with van der Waals surface area (Å²) in [7, 11) is 0. The second-order valence-corrected chi connectivity index (χ2v) is 10.7. The minimum Gasteiger partial charge on any atom is -0.446 e. The Balaban J connectivity index is 1.38. The molecule has 7 fully saturated rings. The fraction of sp³-hybridized carbons (Fsp3) is 0.952. The number of hydrogen-bond donors (Lipinski definition) is 0. The molecule has 7 aliphatic rings. The zero-order chi connectivity index (χ0) is 15.7. The highest BCUT2D eigenvalue weighted by Crippen LogP contribution is 2.74. The van der Waals surface area contributed by atoms with Crippen LogP contribution in [0.5, 0.6) is 0 Å². The van der Waals surface area contributed by atoms with Gasteiger partial charge >= 0.3 is 5.24 Å².